The largest absolute Gasteiger partial charge is 0.466 e. The smallest absolute Gasteiger partial charge is 0.355 e. The lowest BCUT2D eigenvalue weighted by Crippen LogP contribution is -2.13. The van der Waals surface area contributed by atoms with E-state index < -0.39 is 5.97 Å². The molecule has 6 heteroatoms. The molecule has 1 unspecified atom stereocenters. The second-order valence-electron chi connectivity index (χ2n) is 5.66. The molecular weight excluding hydrogens is 374 g/mol. The fourth-order valence-corrected chi connectivity index (χ4v) is 3.25. The lowest BCUT2D eigenvalue weighted by atomic mass is 9.94. The predicted molar refractivity (Wildman–Crippen MR) is 96.4 cm³/mol. The fraction of sp³-hybridized carbons (Fsp3) is 0.444. The quantitative estimate of drug-likeness (QED) is 0.732. The summed E-state index contributed by atoms with van der Waals surface area (Å²) in [4.78, 5) is 27.4. The summed E-state index contributed by atoms with van der Waals surface area (Å²) < 4.78 is 11.1. The standard InChI is InChI=1S/C18H22BrNO4/c1-5-23-13(21)9-11(4)14-12-8-7-10(3)15(19)16(12)20-17(14)18(22)24-6-2/h7-8,11,20H,5-6,9H2,1-4H3. The number of carbonyl (C=O) groups excluding carboxylic acids is 2. The summed E-state index contributed by atoms with van der Waals surface area (Å²) in [6, 6.07) is 3.95. The molecule has 130 valence electrons. The van der Waals surface area contributed by atoms with Crippen molar-refractivity contribution in [3.05, 3.63) is 33.4 Å². The number of ether oxygens (including phenoxy) is 2. The average Bonchev–Trinajstić information content (AvgIpc) is 2.91. The van der Waals surface area contributed by atoms with E-state index in [1.54, 1.807) is 13.8 Å². The van der Waals surface area contributed by atoms with E-state index in [4.69, 9.17) is 9.47 Å². The Balaban J connectivity index is 2.55. The molecule has 0 amide bonds. The molecule has 0 saturated carbocycles. The molecular formula is C18H22BrNO4. The molecule has 24 heavy (non-hydrogen) atoms. The molecule has 0 saturated heterocycles. The van der Waals surface area contributed by atoms with Gasteiger partial charge < -0.3 is 14.5 Å². The maximum atomic E-state index is 12.4. The Labute approximate surface area is 149 Å². The van der Waals surface area contributed by atoms with Crippen LogP contribution in [0.4, 0.5) is 0 Å². The first kappa shape index (κ1) is 18.5. The first-order valence-corrected chi connectivity index (χ1v) is 8.83. The molecule has 0 radical (unpaired) electrons. The van der Waals surface area contributed by atoms with Crippen molar-refractivity contribution in [1.29, 1.82) is 0 Å². The molecule has 0 fully saturated rings. The maximum Gasteiger partial charge on any atom is 0.355 e. The zero-order valence-corrected chi connectivity index (χ0v) is 16.0. The molecule has 1 aromatic carbocycles. The highest BCUT2D eigenvalue weighted by Gasteiger charge is 2.26. The lowest BCUT2D eigenvalue weighted by molar-refractivity contribution is -0.143. The fourth-order valence-electron chi connectivity index (χ4n) is 2.80. The highest BCUT2D eigenvalue weighted by molar-refractivity contribution is 9.10. The molecule has 0 aliphatic carbocycles. The van der Waals surface area contributed by atoms with Gasteiger partial charge in [0.25, 0.3) is 0 Å². The van der Waals surface area contributed by atoms with Gasteiger partial charge in [-0.15, -0.1) is 0 Å². The molecule has 0 aliphatic heterocycles. The summed E-state index contributed by atoms with van der Waals surface area (Å²) in [6.07, 6.45) is 0.207. The minimum Gasteiger partial charge on any atom is -0.466 e. The van der Waals surface area contributed by atoms with Crippen LogP contribution in [0.1, 0.15) is 54.7 Å². The highest BCUT2D eigenvalue weighted by atomic mass is 79.9. The monoisotopic (exact) mass is 395 g/mol. The Morgan fingerprint density at radius 1 is 1.21 bits per heavy atom. The molecule has 2 aromatic rings. The van der Waals surface area contributed by atoms with Crippen molar-refractivity contribution in [2.24, 2.45) is 0 Å². The van der Waals surface area contributed by atoms with Gasteiger partial charge in [0.15, 0.2) is 0 Å². The van der Waals surface area contributed by atoms with Crippen molar-refractivity contribution >= 4 is 38.8 Å². The summed E-state index contributed by atoms with van der Waals surface area (Å²) >= 11 is 3.57. The second-order valence-corrected chi connectivity index (χ2v) is 6.46. The minimum absolute atomic E-state index is 0.174. The maximum absolute atomic E-state index is 12.4. The number of aromatic amines is 1. The number of aryl methyl sites for hydroxylation is 1. The molecule has 1 atom stereocenters. The van der Waals surface area contributed by atoms with Crippen LogP contribution in [0.25, 0.3) is 10.9 Å². The topological polar surface area (TPSA) is 68.4 Å². The van der Waals surface area contributed by atoms with E-state index in [0.717, 1.165) is 26.5 Å². The Bertz CT molecular complexity index is 766. The number of hydrogen-bond acceptors (Lipinski definition) is 4. The van der Waals surface area contributed by atoms with Crippen molar-refractivity contribution in [3.63, 3.8) is 0 Å². The summed E-state index contributed by atoms with van der Waals surface area (Å²) in [7, 11) is 0. The van der Waals surface area contributed by atoms with Gasteiger partial charge in [0.2, 0.25) is 0 Å². The van der Waals surface area contributed by atoms with Gasteiger partial charge in [-0.1, -0.05) is 19.1 Å². The first-order valence-electron chi connectivity index (χ1n) is 8.04. The molecule has 1 heterocycles. The number of H-pyrrole nitrogens is 1. The van der Waals surface area contributed by atoms with E-state index in [2.05, 4.69) is 20.9 Å². The summed E-state index contributed by atoms with van der Waals surface area (Å²) in [6.45, 7) is 8.07. The summed E-state index contributed by atoms with van der Waals surface area (Å²) in [5, 5.41) is 0.910. The first-order chi connectivity index (χ1) is 11.4. The number of fused-ring (bicyclic) bond motifs is 1. The van der Waals surface area contributed by atoms with Gasteiger partial charge in [-0.25, -0.2) is 4.79 Å². The van der Waals surface area contributed by atoms with Crippen LogP contribution >= 0.6 is 15.9 Å². The van der Waals surface area contributed by atoms with Gasteiger partial charge in [-0.05, 0) is 53.7 Å². The number of esters is 2. The van der Waals surface area contributed by atoms with Crippen LogP contribution in [0.3, 0.4) is 0 Å². The lowest BCUT2D eigenvalue weighted by Gasteiger charge is -2.12. The van der Waals surface area contributed by atoms with Crippen LogP contribution in [-0.2, 0) is 14.3 Å². The molecule has 0 aliphatic rings. The Hall–Kier alpha value is -1.82. The van der Waals surface area contributed by atoms with Gasteiger partial charge in [-0.3, -0.25) is 4.79 Å². The van der Waals surface area contributed by atoms with E-state index in [-0.39, 0.29) is 18.3 Å². The minimum atomic E-state index is -0.413. The molecule has 0 spiro atoms. The number of carbonyl (C=O) groups is 2. The number of nitrogens with one attached hydrogen (secondary N) is 1. The van der Waals surface area contributed by atoms with Crippen LogP contribution in [0.15, 0.2) is 16.6 Å². The van der Waals surface area contributed by atoms with Crippen LogP contribution in [-0.4, -0.2) is 30.1 Å². The Kier molecular flexibility index (Phi) is 6.04. The van der Waals surface area contributed by atoms with Crippen LogP contribution < -0.4 is 0 Å². The van der Waals surface area contributed by atoms with E-state index in [9.17, 15) is 9.59 Å². The molecule has 5 nitrogen and oxygen atoms in total. The van der Waals surface area contributed by atoms with E-state index >= 15 is 0 Å². The molecule has 1 N–H and O–H groups in total. The normalized spacial score (nSPS) is 12.2. The van der Waals surface area contributed by atoms with Gasteiger partial charge in [-0.2, -0.15) is 0 Å². The Morgan fingerprint density at radius 2 is 1.88 bits per heavy atom. The van der Waals surface area contributed by atoms with Gasteiger partial charge in [0, 0.05) is 9.86 Å². The van der Waals surface area contributed by atoms with Crippen LogP contribution in [0.5, 0.6) is 0 Å². The van der Waals surface area contributed by atoms with Crippen LogP contribution in [0.2, 0.25) is 0 Å². The van der Waals surface area contributed by atoms with Crippen molar-refractivity contribution in [2.75, 3.05) is 13.2 Å². The summed E-state index contributed by atoms with van der Waals surface area (Å²) in [5.41, 5.74) is 3.08. The van der Waals surface area contributed by atoms with E-state index in [1.807, 2.05) is 26.0 Å². The number of rotatable bonds is 6. The number of halogens is 1. The van der Waals surface area contributed by atoms with Crippen LogP contribution in [0, 0.1) is 6.92 Å². The van der Waals surface area contributed by atoms with Crippen molar-refractivity contribution in [3.8, 4) is 0 Å². The number of hydrogen-bond donors (Lipinski definition) is 1. The van der Waals surface area contributed by atoms with Gasteiger partial charge >= 0.3 is 11.9 Å². The third-order valence-electron chi connectivity index (χ3n) is 3.90. The van der Waals surface area contributed by atoms with E-state index in [0.29, 0.717) is 18.9 Å². The zero-order valence-electron chi connectivity index (χ0n) is 14.4. The van der Waals surface area contributed by atoms with Crippen molar-refractivity contribution < 1.29 is 19.1 Å². The SMILES string of the molecule is CCOC(=O)CC(C)c1c(C(=O)OCC)[nH]c2c(Br)c(C)ccc12. The van der Waals surface area contributed by atoms with Crippen molar-refractivity contribution in [1.82, 2.24) is 4.98 Å². The summed E-state index contributed by atoms with van der Waals surface area (Å²) in [5.74, 6) is -0.865. The third kappa shape index (κ3) is 3.64. The second kappa shape index (κ2) is 7.83. The van der Waals surface area contributed by atoms with Crippen molar-refractivity contribution in [2.45, 2.75) is 40.0 Å². The number of benzene rings is 1. The Morgan fingerprint density at radius 3 is 2.50 bits per heavy atom. The molecule has 1 aromatic heterocycles. The highest BCUT2D eigenvalue weighted by Crippen LogP contribution is 2.36. The van der Waals surface area contributed by atoms with Gasteiger partial charge in [0.1, 0.15) is 5.69 Å². The predicted octanol–water partition coefficient (Wildman–Crippen LogP) is 4.47. The third-order valence-corrected chi connectivity index (χ3v) is 4.92. The van der Waals surface area contributed by atoms with E-state index in [1.165, 1.54) is 0 Å². The average molecular weight is 396 g/mol. The molecule has 2 rings (SSSR count). The zero-order chi connectivity index (χ0) is 17.9. The van der Waals surface area contributed by atoms with Gasteiger partial charge in [0.05, 0.1) is 25.2 Å². The number of aromatic nitrogens is 1. The molecule has 0 bridgehead atoms.